The SMILES string of the molecule is CCOC(=O)c1c(C)[nH]c(C)c1-c1csc(NC2CC2)n1. The van der Waals surface area contributed by atoms with Crippen molar-refractivity contribution in [2.45, 2.75) is 39.7 Å². The maximum Gasteiger partial charge on any atom is 0.340 e. The van der Waals surface area contributed by atoms with Crippen molar-refractivity contribution in [3.63, 3.8) is 0 Å². The van der Waals surface area contributed by atoms with E-state index in [4.69, 9.17) is 4.74 Å². The third kappa shape index (κ3) is 2.81. The number of aromatic nitrogens is 2. The fourth-order valence-corrected chi connectivity index (χ4v) is 3.20. The minimum Gasteiger partial charge on any atom is -0.462 e. The highest BCUT2D eigenvalue weighted by Crippen LogP contribution is 2.34. The summed E-state index contributed by atoms with van der Waals surface area (Å²) in [5.41, 5.74) is 4.04. The van der Waals surface area contributed by atoms with E-state index in [2.05, 4.69) is 15.3 Å². The first-order valence-corrected chi connectivity index (χ1v) is 8.06. The number of rotatable bonds is 5. The Labute approximate surface area is 127 Å². The fourth-order valence-electron chi connectivity index (χ4n) is 2.42. The summed E-state index contributed by atoms with van der Waals surface area (Å²) in [7, 11) is 0. The van der Waals surface area contributed by atoms with Gasteiger partial charge in [-0.25, -0.2) is 9.78 Å². The van der Waals surface area contributed by atoms with E-state index in [1.54, 1.807) is 11.3 Å². The Morgan fingerprint density at radius 2 is 2.24 bits per heavy atom. The summed E-state index contributed by atoms with van der Waals surface area (Å²) >= 11 is 1.58. The Bertz CT molecular complexity index is 671. The van der Waals surface area contributed by atoms with Crippen LogP contribution < -0.4 is 5.32 Å². The lowest BCUT2D eigenvalue weighted by Crippen LogP contribution is -2.07. The zero-order valence-corrected chi connectivity index (χ0v) is 13.3. The summed E-state index contributed by atoms with van der Waals surface area (Å²) in [5, 5.41) is 6.29. The highest BCUT2D eigenvalue weighted by Gasteiger charge is 2.25. The summed E-state index contributed by atoms with van der Waals surface area (Å²) < 4.78 is 5.17. The van der Waals surface area contributed by atoms with Crippen LogP contribution in [0.15, 0.2) is 5.38 Å². The zero-order chi connectivity index (χ0) is 15.0. The number of H-pyrrole nitrogens is 1. The van der Waals surface area contributed by atoms with Crippen molar-refractivity contribution in [3.05, 3.63) is 22.3 Å². The van der Waals surface area contributed by atoms with Crippen LogP contribution >= 0.6 is 11.3 Å². The van der Waals surface area contributed by atoms with Crippen LogP contribution in [0.4, 0.5) is 5.13 Å². The molecule has 21 heavy (non-hydrogen) atoms. The lowest BCUT2D eigenvalue weighted by molar-refractivity contribution is 0.0526. The van der Waals surface area contributed by atoms with Gasteiger partial charge in [-0.15, -0.1) is 11.3 Å². The summed E-state index contributed by atoms with van der Waals surface area (Å²) in [6.07, 6.45) is 2.43. The number of carbonyl (C=O) groups is 1. The molecule has 2 aromatic rings. The standard InChI is InChI=1S/C15H19N3O2S/c1-4-20-14(19)13-9(3)16-8(2)12(13)11-7-21-15(18-11)17-10-5-6-10/h7,10,16H,4-6H2,1-3H3,(H,17,18). The second-order valence-corrected chi connectivity index (χ2v) is 6.16. The van der Waals surface area contributed by atoms with Gasteiger partial charge in [0.25, 0.3) is 0 Å². The van der Waals surface area contributed by atoms with Crippen LogP contribution in [-0.2, 0) is 4.74 Å². The summed E-state index contributed by atoms with van der Waals surface area (Å²) in [4.78, 5) is 20.0. The molecule has 0 bridgehead atoms. The molecule has 0 spiro atoms. The average molecular weight is 305 g/mol. The van der Waals surface area contributed by atoms with Crippen LogP contribution in [0.25, 0.3) is 11.3 Å². The highest BCUT2D eigenvalue weighted by atomic mass is 32.1. The van der Waals surface area contributed by atoms with E-state index in [0.29, 0.717) is 18.2 Å². The van der Waals surface area contributed by atoms with E-state index in [-0.39, 0.29) is 5.97 Å². The number of hydrogen-bond donors (Lipinski definition) is 2. The van der Waals surface area contributed by atoms with Gasteiger partial charge >= 0.3 is 5.97 Å². The molecular formula is C15H19N3O2S. The van der Waals surface area contributed by atoms with Crippen molar-refractivity contribution in [2.75, 3.05) is 11.9 Å². The van der Waals surface area contributed by atoms with Gasteiger partial charge in [-0.05, 0) is 33.6 Å². The molecule has 3 rings (SSSR count). The van der Waals surface area contributed by atoms with Gasteiger partial charge in [0.15, 0.2) is 5.13 Å². The van der Waals surface area contributed by atoms with Crippen LogP contribution in [0.1, 0.15) is 41.5 Å². The molecule has 1 aliphatic rings. The number of esters is 1. The van der Waals surface area contributed by atoms with Crippen LogP contribution in [0.2, 0.25) is 0 Å². The molecule has 2 N–H and O–H groups in total. The topological polar surface area (TPSA) is 67.0 Å². The lowest BCUT2D eigenvalue weighted by Gasteiger charge is -2.04. The molecule has 0 saturated heterocycles. The zero-order valence-electron chi connectivity index (χ0n) is 12.4. The largest absolute Gasteiger partial charge is 0.462 e. The van der Waals surface area contributed by atoms with Crippen LogP contribution in [0, 0.1) is 13.8 Å². The Morgan fingerprint density at radius 1 is 1.48 bits per heavy atom. The molecule has 1 aliphatic carbocycles. The molecule has 0 amide bonds. The van der Waals surface area contributed by atoms with Crippen LogP contribution in [0.5, 0.6) is 0 Å². The smallest absolute Gasteiger partial charge is 0.340 e. The molecule has 112 valence electrons. The van der Waals surface area contributed by atoms with Crippen molar-refractivity contribution in [3.8, 4) is 11.3 Å². The normalized spacial score (nSPS) is 14.2. The molecule has 1 saturated carbocycles. The number of carbonyl (C=O) groups excluding carboxylic acids is 1. The average Bonchev–Trinajstić information content (AvgIpc) is 3.02. The van der Waals surface area contributed by atoms with E-state index < -0.39 is 0 Å². The first kappa shape index (κ1) is 14.1. The number of nitrogens with one attached hydrogen (secondary N) is 2. The van der Waals surface area contributed by atoms with Crippen LogP contribution in [-0.4, -0.2) is 28.6 Å². The number of nitrogens with zero attached hydrogens (tertiary/aromatic N) is 1. The van der Waals surface area contributed by atoms with Crippen molar-refractivity contribution in [2.24, 2.45) is 0 Å². The molecule has 2 aromatic heterocycles. The number of aryl methyl sites for hydroxylation is 2. The minimum atomic E-state index is -0.293. The van der Waals surface area contributed by atoms with Gasteiger partial charge in [0.05, 0.1) is 17.9 Å². The van der Waals surface area contributed by atoms with Gasteiger partial charge in [-0.3, -0.25) is 0 Å². The first-order valence-electron chi connectivity index (χ1n) is 7.18. The minimum absolute atomic E-state index is 0.293. The highest BCUT2D eigenvalue weighted by molar-refractivity contribution is 7.14. The van der Waals surface area contributed by atoms with Crippen molar-refractivity contribution in [1.29, 1.82) is 0 Å². The third-order valence-electron chi connectivity index (χ3n) is 3.52. The number of thiazole rings is 1. The van der Waals surface area contributed by atoms with Gasteiger partial charge in [0.2, 0.25) is 0 Å². The molecule has 5 nitrogen and oxygen atoms in total. The van der Waals surface area contributed by atoms with Crippen molar-refractivity contribution in [1.82, 2.24) is 9.97 Å². The third-order valence-corrected chi connectivity index (χ3v) is 4.29. The molecule has 0 radical (unpaired) electrons. The van der Waals surface area contributed by atoms with Gasteiger partial charge in [0.1, 0.15) is 0 Å². The second kappa shape index (κ2) is 5.52. The lowest BCUT2D eigenvalue weighted by atomic mass is 10.1. The van der Waals surface area contributed by atoms with Crippen molar-refractivity contribution < 1.29 is 9.53 Å². The maximum absolute atomic E-state index is 12.2. The van der Waals surface area contributed by atoms with E-state index in [1.165, 1.54) is 12.8 Å². The summed E-state index contributed by atoms with van der Waals surface area (Å²) in [5.74, 6) is -0.293. The summed E-state index contributed by atoms with van der Waals surface area (Å²) in [6, 6.07) is 0.572. The molecule has 0 unspecified atom stereocenters. The molecular weight excluding hydrogens is 286 g/mol. The molecule has 1 fully saturated rings. The Morgan fingerprint density at radius 3 is 2.90 bits per heavy atom. The number of hydrogen-bond acceptors (Lipinski definition) is 5. The Kier molecular flexibility index (Phi) is 3.71. The second-order valence-electron chi connectivity index (χ2n) is 5.30. The van der Waals surface area contributed by atoms with Crippen molar-refractivity contribution >= 4 is 22.4 Å². The Hall–Kier alpha value is -1.82. The van der Waals surface area contributed by atoms with E-state index >= 15 is 0 Å². The molecule has 0 aliphatic heterocycles. The quantitative estimate of drug-likeness (QED) is 0.830. The molecule has 0 aromatic carbocycles. The van der Waals surface area contributed by atoms with Crippen LogP contribution in [0.3, 0.4) is 0 Å². The number of aromatic amines is 1. The monoisotopic (exact) mass is 305 g/mol. The van der Waals surface area contributed by atoms with Gasteiger partial charge in [0, 0.05) is 28.4 Å². The fraction of sp³-hybridized carbons (Fsp3) is 0.467. The first-order chi connectivity index (χ1) is 10.1. The predicted molar refractivity (Wildman–Crippen MR) is 84.0 cm³/mol. The predicted octanol–water partition coefficient (Wildman–Crippen LogP) is 3.51. The summed E-state index contributed by atoms with van der Waals surface area (Å²) in [6.45, 7) is 6.03. The number of ether oxygens (including phenoxy) is 1. The van der Waals surface area contributed by atoms with Gasteiger partial charge in [-0.2, -0.15) is 0 Å². The van der Waals surface area contributed by atoms with Gasteiger partial charge < -0.3 is 15.0 Å². The van der Waals surface area contributed by atoms with E-state index in [1.807, 2.05) is 26.2 Å². The molecule has 0 atom stereocenters. The molecule has 6 heteroatoms. The maximum atomic E-state index is 12.2. The van der Waals surface area contributed by atoms with E-state index in [9.17, 15) is 4.79 Å². The Balaban J connectivity index is 1.96. The molecule has 2 heterocycles. The number of anilines is 1. The van der Waals surface area contributed by atoms with Gasteiger partial charge in [-0.1, -0.05) is 0 Å². The van der Waals surface area contributed by atoms with E-state index in [0.717, 1.165) is 27.8 Å².